The summed E-state index contributed by atoms with van der Waals surface area (Å²) in [7, 11) is 0. The van der Waals surface area contributed by atoms with Gasteiger partial charge in [-0.25, -0.2) is 4.79 Å². The summed E-state index contributed by atoms with van der Waals surface area (Å²) in [6, 6.07) is 6.68. The largest absolute Gasteiger partial charge is 0.481 e. The van der Waals surface area contributed by atoms with E-state index in [9.17, 15) is 9.59 Å². The van der Waals surface area contributed by atoms with Gasteiger partial charge < -0.3 is 9.84 Å². The third-order valence-electron chi connectivity index (χ3n) is 2.08. The van der Waals surface area contributed by atoms with Crippen molar-refractivity contribution in [1.29, 1.82) is 0 Å². The summed E-state index contributed by atoms with van der Waals surface area (Å²) in [5.41, 5.74) is 1.16. The van der Waals surface area contributed by atoms with Gasteiger partial charge in [0, 0.05) is 5.69 Å². The number of hydrogen-bond donors (Lipinski definition) is 2. The minimum Gasteiger partial charge on any atom is -0.481 e. The molecule has 0 fully saturated rings. The van der Waals surface area contributed by atoms with Gasteiger partial charge >= 0.3 is 12.1 Å². The number of carboxylic acid groups (broad SMARTS) is 1. The third kappa shape index (κ3) is 5.34. The van der Waals surface area contributed by atoms with Crippen molar-refractivity contribution in [2.45, 2.75) is 20.3 Å². The van der Waals surface area contributed by atoms with Gasteiger partial charge in [0.2, 0.25) is 0 Å². The van der Waals surface area contributed by atoms with E-state index in [2.05, 4.69) is 5.32 Å². The summed E-state index contributed by atoms with van der Waals surface area (Å²) >= 11 is 0. The highest BCUT2D eigenvalue weighted by atomic mass is 16.5. The van der Waals surface area contributed by atoms with Gasteiger partial charge in [-0.15, -0.1) is 0 Å². The minimum absolute atomic E-state index is 0.0729. The number of nitrogens with one attached hydrogen (secondary N) is 1. The summed E-state index contributed by atoms with van der Waals surface area (Å²) in [5.74, 6) is -0.636. The lowest BCUT2D eigenvalue weighted by atomic mass is 10.1. The molecular weight excluding hydrogens is 234 g/mol. The van der Waals surface area contributed by atoms with Crippen LogP contribution in [-0.2, 0) is 16.0 Å². The number of aliphatic carboxylic acids is 1. The molecule has 2 N–H and O–H groups in total. The van der Waals surface area contributed by atoms with Crippen LogP contribution in [-0.4, -0.2) is 23.8 Å². The van der Waals surface area contributed by atoms with Gasteiger partial charge in [0.25, 0.3) is 0 Å². The van der Waals surface area contributed by atoms with Crippen LogP contribution in [0.1, 0.15) is 19.4 Å². The second kappa shape index (κ2) is 6.64. The molecule has 5 heteroatoms. The van der Waals surface area contributed by atoms with E-state index in [1.807, 2.05) is 13.8 Å². The van der Waals surface area contributed by atoms with Crippen molar-refractivity contribution in [2.75, 3.05) is 11.9 Å². The van der Waals surface area contributed by atoms with Gasteiger partial charge in [-0.1, -0.05) is 26.0 Å². The molecule has 0 aliphatic carbocycles. The molecular formula is C13H17NO4. The molecule has 98 valence electrons. The fourth-order valence-corrected chi connectivity index (χ4v) is 1.33. The fourth-order valence-electron chi connectivity index (χ4n) is 1.33. The summed E-state index contributed by atoms with van der Waals surface area (Å²) in [4.78, 5) is 22.0. The second-order valence-corrected chi connectivity index (χ2v) is 4.39. The van der Waals surface area contributed by atoms with Crippen molar-refractivity contribution in [3.63, 3.8) is 0 Å². The molecule has 0 radical (unpaired) electrons. The summed E-state index contributed by atoms with van der Waals surface area (Å²) in [6.45, 7) is 4.24. The number of carbonyl (C=O) groups is 2. The van der Waals surface area contributed by atoms with Crippen molar-refractivity contribution in [3.05, 3.63) is 29.8 Å². The highest BCUT2D eigenvalue weighted by molar-refractivity contribution is 5.84. The van der Waals surface area contributed by atoms with Crippen molar-refractivity contribution in [1.82, 2.24) is 0 Å². The van der Waals surface area contributed by atoms with Crippen LogP contribution < -0.4 is 5.32 Å². The number of hydrogen-bond acceptors (Lipinski definition) is 3. The Morgan fingerprint density at radius 3 is 2.72 bits per heavy atom. The van der Waals surface area contributed by atoms with Gasteiger partial charge in [0.15, 0.2) is 0 Å². The van der Waals surface area contributed by atoms with Crippen molar-refractivity contribution >= 4 is 17.7 Å². The monoisotopic (exact) mass is 251 g/mol. The summed E-state index contributed by atoms with van der Waals surface area (Å²) in [6.07, 6.45) is -0.604. The quantitative estimate of drug-likeness (QED) is 0.843. The first-order chi connectivity index (χ1) is 8.47. The Bertz CT molecular complexity index is 429. The predicted octanol–water partition coefficient (Wildman–Crippen LogP) is 2.52. The van der Waals surface area contributed by atoms with Crippen LogP contribution in [0.4, 0.5) is 10.5 Å². The topological polar surface area (TPSA) is 75.6 Å². The number of benzene rings is 1. The maximum absolute atomic E-state index is 11.4. The molecule has 0 atom stereocenters. The highest BCUT2D eigenvalue weighted by Crippen LogP contribution is 2.11. The SMILES string of the molecule is CC(C)COC(=O)Nc1cccc(CC(=O)O)c1. The molecule has 0 bridgehead atoms. The molecule has 0 saturated heterocycles. The first-order valence-corrected chi connectivity index (χ1v) is 5.72. The Kier molecular flexibility index (Phi) is 5.17. The Labute approximate surface area is 106 Å². The van der Waals surface area contributed by atoms with Gasteiger partial charge in [0.1, 0.15) is 0 Å². The maximum atomic E-state index is 11.4. The average molecular weight is 251 g/mol. The Balaban J connectivity index is 2.56. The molecule has 18 heavy (non-hydrogen) atoms. The first-order valence-electron chi connectivity index (χ1n) is 5.72. The molecule has 0 aromatic heterocycles. The van der Waals surface area contributed by atoms with Crippen LogP contribution >= 0.6 is 0 Å². The highest BCUT2D eigenvalue weighted by Gasteiger charge is 2.06. The lowest BCUT2D eigenvalue weighted by Gasteiger charge is -2.09. The van der Waals surface area contributed by atoms with Gasteiger partial charge in [-0.3, -0.25) is 10.1 Å². The number of anilines is 1. The molecule has 0 unspecified atom stereocenters. The maximum Gasteiger partial charge on any atom is 0.411 e. The smallest absolute Gasteiger partial charge is 0.411 e. The molecule has 1 rings (SSSR count). The molecule has 1 aromatic rings. The fraction of sp³-hybridized carbons (Fsp3) is 0.385. The Morgan fingerprint density at radius 1 is 1.39 bits per heavy atom. The Hall–Kier alpha value is -2.04. The molecule has 0 aliphatic rings. The average Bonchev–Trinajstić information content (AvgIpc) is 2.26. The number of rotatable bonds is 5. The second-order valence-electron chi connectivity index (χ2n) is 4.39. The van der Waals surface area contributed by atoms with Gasteiger partial charge in [-0.05, 0) is 23.6 Å². The van der Waals surface area contributed by atoms with Crippen molar-refractivity contribution < 1.29 is 19.4 Å². The van der Waals surface area contributed by atoms with E-state index in [1.54, 1.807) is 24.3 Å². The predicted molar refractivity (Wildman–Crippen MR) is 67.6 cm³/mol. The molecule has 0 aliphatic heterocycles. The zero-order valence-electron chi connectivity index (χ0n) is 10.5. The van der Waals surface area contributed by atoms with Crippen LogP contribution in [0.25, 0.3) is 0 Å². The van der Waals surface area contributed by atoms with E-state index in [0.717, 1.165) is 0 Å². The van der Waals surface area contributed by atoms with Gasteiger partial charge in [0.05, 0.1) is 13.0 Å². The molecule has 1 aromatic carbocycles. The van der Waals surface area contributed by atoms with E-state index in [1.165, 1.54) is 0 Å². The van der Waals surface area contributed by atoms with E-state index < -0.39 is 12.1 Å². The summed E-state index contributed by atoms with van der Waals surface area (Å²) in [5, 5.41) is 11.2. The molecule has 1 amide bonds. The zero-order valence-corrected chi connectivity index (χ0v) is 10.5. The summed E-state index contributed by atoms with van der Waals surface area (Å²) < 4.78 is 4.96. The third-order valence-corrected chi connectivity index (χ3v) is 2.08. The number of amides is 1. The van der Waals surface area contributed by atoms with E-state index in [4.69, 9.17) is 9.84 Å². The zero-order chi connectivity index (χ0) is 13.5. The van der Waals surface area contributed by atoms with Crippen LogP contribution in [0, 0.1) is 5.92 Å². The van der Waals surface area contributed by atoms with Gasteiger partial charge in [-0.2, -0.15) is 0 Å². The van der Waals surface area contributed by atoms with Crippen LogP contribution in [0.3, 0.4) is 0 Å². The van der Waals surface area contributed by atoms with Crippen LogP contribution in [0.5, 0.6) is 0 Å². The van der Waals surface area contributed by atoms with Crippen LogP contribution in [0.15, 0.2) is 24.3 Å². The Morgan fingerprint density at radius 2 is 2.11 bits per heavy atom. The number of carboxylic acids is 1. The normalized spacial score (nSPS) is 10.2. The molecule has 0 saturated carbocycles. The van der Waals surface area contributed by atoms with Crippen LogP contribution in [0.2, 0.25) is 0 Å². The minimum atomic E-state index is -0.908. The molecule has 0 heterocycles. The molecule has 5 nitrogen and oxygen atoms in total. The lowest BCUT2D eigenvalue weighted by Crippen LogP contribution is -2.16. The number of carbonyl (C=O) groups excluding carboxylic acids is 1. The standard InChI is InChI=1S/C13H17NO4/c1-9(2)8-18-13(17)14-11-5-3-4-10(6-11)7-12(15)16/h3-6,9H,7-8H2,1-2H3,(H,14,17)(H,15,16). The number of ether oxygens (including phenoxy) is 1. The van der Waals surface area contributed by atoms with Crippen molar-refractivity contribution in [3.8, 4) is 0 Å². The van der Waals surface area contributed by atoms with E-state index >= 15 is 0 Å². The van der Waals surface area contributed by atoms with Crippen molar-refractivity contribution in [2.24, 2.45) is 5.92 Å². The van der Waals surface area contributed by atoms with E-state index in [0.29, 0.717) is 17.9 Å². The molecule has 0 spiro atoms. The van der Waals surface area contributed by atoms with E-state index in [-0.39, 0.29) is 12.3 Å². The first kappa shape index (κ1) is 14.0. The lowest BCUT2D eigenvalue weighted by molar-refractivity contribution is -0.136.